The van der Waals surface area contributed by atoms with Crippen molar-refractivity contribution in [3.05, 3.63) is 21.9 Å². The first-order valence-corrected chi connectivity index (χ1v) is 9.74. The lowest BCUT2D eigenvalue weighted by molar-refractivity contribution is -0.133. The van der Waals surface area contributed by atoms with Crippen molar-refractivity contribution in [1.29, 1.82) is 0 Å². The summed E-state index contributed by atoms with van der Waals surface area (Å²) in [7, 11) is -1.76. The molecule has 0 spiro atoms. The van der Waals surface area contributed by atoms with Gasteiger partial charge in [-0.15, -0.1) is 11.3 Å². The Morgan fingerprint density at radius 3 is 2.52 bits per heavy atom. The second kappa shape index (κ2) is 6.06. The molecule has 0 radical (unpaired) electrons. The van der Waals surface area contributed by atoms with Gasteiger partial charge in [-0.25, -0.2) is 8.42 Å². The van der Waals surface area contributed by atoms with Crippen LogP contribution in [-0.4, -0.2) is 50.4 Å². The Hall–Kier alpha value is -0.920. The molecule has 1 aromatic rings. The van der Waals surface area contributed by atoms with E-state index >= 15 is 0 Å². The first-order valence-electron chi connectivity index (χ1n) is 6.97. The minimum Gasteiger partial charge on any atom is -0.339 e. The van der Waals surface area contributed by atoms with Crippen molar-refractivity contribution in [2.24, 2.45) is 0 Å². The maximum Gasteiger partial charge on any atom is 0.244 e. The average molecular weight is 330 g/mol. The summed E-state index contributed by atoms with van der Waals surface area (Å²) >= 11 is 1.59. The van der Waals surface area contributed by atoms with E-state index in [4.69, 9.17) is 0 Å². The molecule has 21 heavy (non-hydrogen) atoms. The van der Waals surface area contributed by atoms with E-state index in [2.05, 4.69) is 5.32 Å². The van der Waals surface area contributed by atoms with Gasteiger partial charge in [0, 0.05) is 18.2 Å². The van der Waals surface area contributed by atoms with Crippen LogP contribution in [-0.2, 0) is 21.2 Å². The van der Waals surface area contributed by atoms with E-state index in [1.807, 2.05) is 18.4 Å². The summed E-state index contributed by atoms with van der Waals surface area (Å²) in [4.78, 5) is 15.5. The van der Waals surface area contributed by atoms with Crippen molar-refractivity contribution in [1.82, 2.24) is 10.2 Å². The Balaban J connectivity index is 2.24. The number of rotatable bonds is 4. The van der Waals surface area contributed by atoms with E-state index in [0.717, 1.165) is 10.4 Å². The SMILES string of the molecule is Cc1ccsc1CN(C)C(=O)C1(S(C)(=O)=O)CCNCC1. The first-order chi connectivity index (χ1) is 9.78. The molecule has 0 bridgehead atoms. The molecular weight excluding hydrogens is 308 g/mol. The van der Waals surface area contributed by atoms with Gasteiger partial charge in [-0.05, 0) is 49.9 Å². The van der Waals surface area contributed by atoms with Crippen LogP contribution in [0.1, 0.15) is 23.3 Å². The van der Waals surface area contributed by atoms with Gasteiger partial charge in [-0.2, -0.15) is 0 Å². The topological polar surface area (TPSA) is 66.5 Å². The molecule has 1 aliphatic rings. The Morgan fingerprint density at radius 2 is 2.05 bits per heavy atom. The van der Waals surface area contributed by atoms with Crippen LogP contribution in [0.15, 0.2) is 11.4 Å². The predicted molar refractivity (Wildman–Crippen MR) is 85.2 cm³/mol. The zero-order valence-corrected chi connectivity index (χ0v) is 14.3. The van der Waals surface area contributed by atoms with Crippen LogP contribution >= 0.6 is 11.3 Å². The Kier molecular flexibility index (Phi) is 4.75. The third-order valence-electron chi connectivity index (χ3n) is 4.21. The van der Waals surface area contributed by atoms with E-state index in [9.17, 15) is 13.2 Å². The summed E-state index contributed by atoms with van der Waals surface area (Å²) in [5.41, 5.74) is 1.14. The molecule has 0 aliphatic carbocycles. The smallest absolute Gasteiger partial charge is 0.244 e. The molecule has 0 aromatic carbocycles. The number of hydrogen-bond donors (Lipinski definition) is 1. The van der Waals surface area contributed by atoms with Gasteiger partial charge in [0.25, 0.3) is 0 Å². The zero-order valence-electron chi connectivity index (χ0n) is 12.7. The van der Waals surface area contributed by atoms with E-state index in [1.165, 1.54) is 6.26 Å². The number of carbonyl (C=O) groups is 1. The van der Waals surface area contributed by atoms with Gasteiger partial charge >= 0.3 is 0 Å². The van der Waals surface area contributed by atoms with E-state index in [0.29, 0.717) is 32.5 Å². The third kappa shape index (κ3) is 3.14. The summed E-state index contributed by atoms with van der Waals surface area (Å²) < 4.78 is 23.2. The van der Waals surface area contributed by atoms with Crippen molar-refractivity contribution in [3.63, 3.8) is 0 Å². The fraction of sp³-hybridized carbons (Fsp3) is 0.643. The standard InChI is InChI=1S/C14H22N2O3S2/c1-11-4-9-20-12(11)10-16(2)13(17)14(21(3,18)19)5-7-15-8-6-14/h4,9,15H,5-8,10H2,1-3H3. The molecule has 1 saturated heterocycles. The van der Waals surface area contributed by atoms with Gasteiger partial charge in [-0.1, -0.05) is 0 Å². The summed E-state index contributed by atoms with van der Waals surface area (Å²) in [6.45, 7) is 3.59. The van der Waals surface area contributed by atoms with Crippen LogP contribution in [0.2, 0.25) is 0 Å². The molecule has 1 aromatic heterocycles. The van der Waals surface area contributed by atoms with Crippen molar-refractivity contribution in [3.8, 4) is 0 Å². The van der Waals surface area contributed by atoms with Gasteiger partial charge in [0.05, 0.1) is 6.54 Å². The molecule has 0 saturated carbocycles. The lowest BCUT2D eigenvalue weighted by Crippen LogP contribution is -2.57. The molecule has 118 valence electrons. The highest BCUT2D eigenvalue weighted by Gasteiger charge is 2.49. The zero-order chi connectivity index (χ0) is 15.7. The number of hydrogen-bond acceptors (Lipinski definition) is 5. The summed E-state index contributed by atoms with van der Waals surface area (Å²) in [6.07, 6.45) is 1.87. The van der Waals surface area contributed by atoms with Gasteiger partial charge in [0.1, 0.15) is 0 Å². The van der Waals surface area contributed by atoms with Crippen LogP contribution in [0, 0.1) is 6.92 Å². The van der Waals surface area contributed by atoms with Crippen molar-refractivity contribution in [2.75, 3.05) is 26.4 Å². The number of sulfone groups is 1. The van der Waals surface area contributed by atoms with Crippen molar-refractivity contribution in [2.45, 2.75) is 31.1 Å². The highest BCUT2D eigenvalue weighted by Crippen LogP contribution is 2.30. The van der Waals surface area contributed by atoms with Crippen LogP contribution in [0.25, 0.3) is 0 Å². The second-order valence-electron chi connectivity index (χ2n) is 5.70. The first kappa shape index (κ1) is 16.5. The van der Waals surface area contributed by atoms with Crippen LogP contribution in [0.4, 0.5) is 0 Å². The number of nitrogens with zero attached hydrogens (tertiary/aromatic N) is 1. The minimum absolute atomic E-state index is 0.278. The van der Waals surface area contributed by atoms with Crippen LogP contribution in [0.3, 0.4) is 0 Å². The highest BCUT2D eigenvalue weighted by molar-refractivity contribution is 7.92. The number of piperidine rings is 1. The molecule has 2 rings (SSSR count). The molecule has 7 heteroatoms. The molecule has 1 amide bonds. The number of carbonyl (C=O) groups excluding carboxylic acids is 1. The van der Waals surface area contributed by atoms with Gasteiger partial charge in [0.2, 0.25) is 5.91 Å². The molecule has 0 atom stereocenters. The minimum atomic E-state index is -3.45. The molecule has 5 nitrogen and oxygen atoms in total. The third-order valence-corrected chi connectivity index (χ3v) is 7.22. The normalized spacial score (nSPS) is 18.4. The number of nitrogens with one attached hydrogen (secondary N) is 1. The quantitative estimate of drug-likeness (QED) is 0.900. The fourth-order valence-corrected chi connectivity index (χ4v) is 5.15. The number of aryl methyl sites for hydroxylation is 1. The van der Waals surface area contributed by atoms with E-state index in [-0.39, 0.29) is 5.91 Å². The Bertz CT molecular complexity index is 616. The van der Waals surface area contributed by atoms with Crippen LogP contribution in [0.5, 0.6) is 0 Å². The molecule has 2 heterocycles. The maximum absolute atomic E-state index is 12.8. The average Bonchev–Trinajstić information content (AvgIpc) is 2.83. The Morgan fingerprint density at radius 1 is 1.43 bits per heavy atom. The van der Waals surface area contributed by atoms with Crippen molar-refractivity contribution >= 4 is 27.1 Å². The summed E-state index contributed by atoms with van der Waals surface area (Å²) in [5, 5.41) is 5.11. The molecule has 1 aliphatic heterocycles. The summed E-state index contributed by atoms with van der Waals surface area (Å²) in [6, 6.07) is 2.01. The lowest BCUT2D eigenvalue weighted by atomic mass is 9.95. The molecular formula is C14H22N2O3S2. The maximum atomic E-state index is 12.8. The lowest BCUT2D eigenvalue weighted by Gasteiger charge is -2.37. The Labute approximate surface area is 130 Å². The van der Waals surface area contributed by atoms with Crippen LogP contribution < -0.4 is 5.32 Å². The second-order valence-corrected chi connectivity index (χ2v) is 9.03. The van der Waals surface area contributed by atoms with Crippen molar-refractivity contribution < 1.29 is 13.2 Å². The fourth-order valence-electron chi connectivity index (χ4n) is 2.77. The molecule has 0 unspecified atom stereocenters. The summed E-state index contributed by atoms with van der Waals surface area (Å²) in [5.74, 6) is -0.278. The number of thiophene rings is 1. The monoisotopic (exact) mass is 330 g/mol. The predicted octanol–water partition coefficient (Wildman–Crippen LogP) is 1.18. The van der Waals surface area contributed by atoms with E-state index < -0.39 is 14.6 Å². The van der Waals surface area contributed by atoms with Gasteiger partial charge in [0.15, 0.2) is 14.6 Å². The highest BCUT2D eigenvalue weighted by atomic mass is 32.2. The van der Waals surface area contributed by atoms with Gasteiger partial charge < -0.3 is 10.2 Å². The molecule has 1 N–H and O–H groups in total. The largest absolute Gasteiger partial charge is 0.339 e. The number of amides is 1. The molecule has 1 fully saturated rings. The van der Waals surface area contributed by atoms with E-state index in [1.54, 1.807) is 23.3 Å². The van der Waals surface area contributed by atoms with Gasteiger partial charge in [-0.3, -0.25) is 4.79 Å².